The fourth-order valence-corrected chi connectivity index (χ4v) is 3.52. The monoisotopic (exact) mass is 436 g/mol. The molecule has 0 aliphatic rings. The van der Waals surface area contributed by atoms with Gasteiger partial charge in [0.1, 0.15) is 0 Å². The van der Waals surface area contributed by atoms with E-state index in [0.717, 1.165) is 28.9 Å². The molecule has 0 unspecified atom stereocenters. The first-order chi connectivity index (χ1) is 15.1. The highest BCUT2D eigenvalue weighted by atomic mass is 19.4. The number of benzene rings is 2. The van der Waals surface area contributed by atoms with Gasteiger partial charge in [-0.1, -0.05) is 0 Å². The number of alkyl halides is 3. The molecule has 0 fully saturated rings. The molecule has 0 aliphatic heterocycles. The number of pyridine rings is 1. The Kier molecular flexibility index (Phi) is 5.38. The minimum absolute atomic E-state index is 0.150. The lowest BCUT2D eigenvalue weighted by Crippen LogP contribution is -2.27. The van der Waals surface area contributed by atoms with E-state index in [2.05, 4.69) is 15.0 Å². The minimum atomic E-state index is -4.42. The summed E-state index contributed by atoms with van der Waals surface area (Å²) in [6.07, 6.45) is 0.195. The molecule has 4 aromatic rings. The van der Waals surface area contributed by atoms with E-state index in [-0.39, 0.29) is 5.91 Å². The van der Waals surface area contributed by atoms with Crippen molar-refractivity contribution in [2.24, 2.45) is 0 Å². The highest BCUT2D eigenvalue weighted by Gasteiger charge is 2.30. The average molecular weight is 436 g/mol. The third-order valence-corrected chi connectivity index (χ3v) is 5.28. The fraction of sp³-hybridized carbons (Fsp3) is 0.167. The zero-order chi connectivity index (χ0) is 23.0. The molecule has 0 atom stereocenters. The van der Waals surface area contributed by atoms with Crippen molar-refractivity contribution in [2.45, 2.75) is 20.0 Å². The van der Waals surface area contributed by atoms with Crippen molar-refractivity contribution >= 4 is 22.5 Å². The molecule has 32 heavy (non-hydrogen) atoms. The number of halogens is 3. The highest BCUT2D eigenvalue weighted by molar-refractivity contribution is 6.07. The van der Waals surface area contributed by atoms with Gasteiger partial charge in [-0.25, -0.2) is 9.97 Å². The van der Waals surface area contributed by atoms with E-state index in [4.69, 9.17) is 0 Å². The first kappa shape index (κ1) is 21.4. The van der Waals surface area contributed by atoms with Crippen molar-refractivity contribution in [3.05, 3.63) is 83.3 Å². The number of carbonyl (C=O) groups excluding carboxylic acids is 1. The summed E-state index contributed by atoms with van der Waals surface area (Å²) in [6, 6.07) is 10.5. The van der Waals surface area contributed by atoms with E-state index in [1.165, 1.54) is 12.3 Å². The minimum Gasteiger partial charge on any atom is -0.311 e. The van der Waals surface area contributed by atoms with E-state index >= 15 is 0 Å². The summed E-state index contributed by atoms with van der Waals surface area (Å²) in [5, 5.41) is 0.315. The van der Waals surface area contributed by atoms with Crippen LogP contribution in [-0.2, 0) is 6.18 Å². The Bertz CT molecular complexity index is 1330. The van der Waals surface area contributed by atoms with Crippen LogP contribution >= 0.6 is 0 Å². The van der Waals surface area contributed by atoms with Crippen LogP contribution in [0, 0.1) is 13.8 Å². The number of nitrogens with zero attached hydrogens (tertiary/aromatic N) is 4. The number of fused-ring (bicyclic) bond motifs is 1. The summed E-state index contributed by atoms with van der Waals surface area (Å²) in [4.78, 5) is 27.2. The normalized spacial score (nSPS) is 11.6. The van der Waals surface area contributed by atoms with Crippen molar-refractivity contribution in [1.29, 1.82) is 0 Å². The maximum Gasteiger partial charge on any atom is 0.416 e. The predicted octanol–water partition coefficient (Wildman–Crippen LogP) is 5.60. The summed E-state index contributed by atoms with van der Waals surface area (Å²) in [6.45, 7) is 3.71. The molecule has 0 bridgehead atoms. The first-order valence-corrected chi connectivity index (χ1v) is 9.79. The Morgan fingerprint density at radius 1 is 0.969 bits per heavy atom. The van der Waals surface area contributed by atoms with Gasteiger partial charge in [-0.15, -0.1) is 0 Å². The average Bonchev–Trinajstić information content (AvgIpc) is 2.77. The smallest absolute Gasteiger partial charge is 0.311 e. The van der Waals surface area contributed by atoms with E-state index in [1.807, 2.05) is 19.9 Å². The number of hydrogen-bond acceptors (Lipinski definition) is 4. The number of amides is 1. The van der Waals surface area contributed by atoms with Crippen LogP contribution in [0.25, 0.3) is 22.3 Å². The van der Waals surface area contributed by atoms with Crippen LogP contribution in [0.5, 0.6) is 0 Å². The Morgan fingerprint density at radius 2 is 1.75 bits per heavy atom. The zero-order valence-electron chi connectivity index (χ0n) is 17.6. The van der Waals surface area contributed by atoms with Gasteiger partial charge in [-0.3, -0.25) is 9.78 Å². The second-order valence-corrected chi connectivity index (χ2v) is 7.52. The molecular formula is C24H19F3N4O. The van der Waals surface area contributed by atoms with Gasteiger partial charge in [-0.05, 0) is 67.4 Å². The van der Waals surface area contributed by atoms with Gasteiger partial charge in [-0.2, -0.15) is 13.2 Å². The molecule has 4 rings (SSSR count). The van der Waals surface area contributed by atoms with Crippen LogP contribution in [0.1, 0.15) is 27.0 Å². The molecule has 8 heteroatoms. The number of carbonyl (C=O) groups is 1. The molecule has 2 aromatic heterocycles. The molecule has 0 saturated carbocycles. The topological polar surface area (TPSA) is 59.0 Å². The number of hydrogen-bond donors (Lipinski definition) is 0. The molecule has 2 heterocycles. The van der Waals surface area contributed by atoms with Gasteiger partial charge in [0.05, 0.1) is 11.1 Å². The molecule has 2 aromatic carbocycles. The van der Waals surface area contributed by atoms with Crippen LogP contribution in [0.2, 0.25) is 0 Å². The zero-order valence-corrected chi connectivity index (χ0v) is 17.6. The Labute approximate surface area is 182 Å². The van der Waals surface area contributed by atoms with E-state index in [1.54, 1.807) is 42.5 Å². The van der Waals surface area contributed by atoms with Gasteiger partial charge in [0.25, 0.3) is 5.91 Å². The summed E-state index contributed by atoms with van der Waals surface area (Å²) in [7, 11) is 1.70. The number of rotatable bonds is 3. The van der Waals surface area contributed by atoms with Crippen LogP contribution in [0.3, 0.4) is 0 Å². The van der Waals surface area contributed by atoms with Gasteiger partial charge in [0.2, 0.25) is 0 Å². The summed E-state index contributed by atoms with van der Waals surface area (Å²) in [5.41, 5.74) is 3.31. The lowest BCUT2D eigenvalue weighted by atomic mass is 10.1. The molecule has 0 radical (unpaired) electrons. The molecule has 1 amide bonds. The molecule has 5 nitrogen and oxygen atoms in total. The molecule has 0 N–H and O–H groups in total. The quantitative estimate of drug-likeness (QED) is 0.419. The lowest BCUT2D eigenvalue weighted by molar-refractivity contribution is -0.137. The van der Waals surface area contributed by atoms with Crippen molar-refractivity contribution in [1.82, 2.24) is 15.0 Å². The van der Waals surface area contributed by atoms with Crippen molar-refractivity contribution in [3.8, 4) is 11.4 Å². The van der Waals surface area contributed by atoms with Gasteiger partial charge in [0.15, 0.2) is 5.82 Å². The number of aromatic nitrogens is 3. The van der Waals surface area contributed by atoms with Gasteiger partial charge in [0, 0.05) is 47.8 Å². The van der Waals surface area contributed by atoms with Crippen LogP contribution in [0.4, 0.5) is 18.9 Å². The molecule has 162 valence electrons. The maximum absolute atomic E-state index is 12.9. The van der Waals surface area contributed by atoms with Crippen molar-refractivity contribution in [3.63, 3.8) is 0 Å². The number of aryl methyl sites for hydroxylation is 2. The SMILES string of the molecule is Cc1cnccc1C(=O)N(C)c1ccc(-c2ncc3cc(C(F)(F)F)ccc3n2)cc1C. The summed E-state index contributed by atoms with van der Waals surface area (Å²) in [5.74, 6) is 0.244. The maximum atomic E-state index is 12.9. The Hall–Kier alpha value is -3.81. The van der Waals surface area contributed by atoms with Crippen molar-refractivity contribution < 1.29 is 18.0 Å². The summed E-state index contributed by atoms with van der Waals surface area (Å²) >= 11 is 0. The lowest BCUT2D eigenvalue weighted by Gasteiger charge is -2.21. The van der Waals surface area contributed by atoms with E-state index in [9.17, 15) is 18.0 Å². The molecule has 0 spiro atoms. The first-order valence-electron chi connectivity index (χ1n) is 9.79. The highest BCUT2D eigenvalue weighted by Crippen LogP contribution is 2.32. The van der Waals surface area contributed by atoms with Crippen LogP contribution in [0.15, 0.2) is 61.1 Å². The second-order valence-electron chi connectivity index (χ2n) is 7.52. The van der Waals surface area contributed by atoms with Crippen LogP contribution in [-0.4, -0.2) is 27.9 Å². The van der Waals surface area contributed by atoms with Gasteiger partial charge < -0.3 is 4.90 Å². The van der Waals surface area contributed by atoms with Crippen molar-refractivity contribution in [2.75, 3.05) is 11.9 Å². The largest absolute Gasteiger partial charge is 0.416 e. The molecular weight excluding hydrogens is 417 g/mol. The third kappa shape index (κ3) is 4.03. The van der Waals surface area contributed by atoms with Gasteiger partial charge >= 0.3 is 6.18 Å². The van der Waals surface area contributed by atoms with E-state index < -0.39 is 11.7 Å². The molecule has 0 aliphatic carbocycles. The Balaban J connectivity index is 1.65. The fourth-order valence-electron chi connectivity index (χ4n) is 3.52. The standard InChI is InChI=1S/C24H19F3N4O/c1-14-10-16(4-7-21(14)31(3)23(32)19-8-9-28-12-15(19)2)22-29-13-17-11-18(24(25,26)27)5-6-20(17)30-22/h4-13H,1-3H3. The third-order valence-electron chi connectivity index (χ3n) is 5.28. The second kappa shape index (κ2) is 8.03. The number of anilines is 1. The molecule has 0 saturated heterocycles. The predicted molar refractivity (Wildman–Crippen MR) is 116 cm³/mol. The van der Waals surface area contributed by atoms with Crippen LogP contribution < -0.4 is 4.90 Å². The Morgan fingerprint density at radius 3 is 2.44 bits per heavy atom. The van der Waals surface area contributed by atoms with E-state index in [0.29, 0.717) is 27.9 Å². The summed E-state index contributed by atoms with van der Waals surface area (Å²) < 4.78 is 38.8.